The fourth-order valence-electron chi connectivity index (χ4n) is 6.00. The van der Waals surface area contributed by atoms with Crippen LogP contribution in [0.3, 0.4) is 0 Å². The summed E-state index contributed by atoms with van der Waals surface area (Å²) in [5, 5.41) is 16.0. The smallest absolute Gasteiger partial charge is 0.309 e. The van der Waals surface area contributed by atoms with E-state index in [1.165, 1.54) is 0 Å². The van der Waals surface area contributed by atoms with E-state index in [4.69, 9.17) is 4.74 Å². The molecule has 39 heavy (non-hydrogen) atoms. The molecule has 0 heterocycles. The summed E-state index contributed by atoms with van der Waals surface area (Å²) in [5.41, 5.74) is -0.121. The minimum Gasteiger partial charge on any atom is -0.463 e. The maximum absolute atomic E-state index is 13.4. The van der Waals surface area contributed by atoms with Crippen LogP contribution in [0.1, 0.15) is 82.6 Å². The van der Waals surface area contributed by atoms with Gasteiger partial charge in [-0.15, -0.1) is 13.2 Å². The van der Waals surface area contributed by atoms with Crippen LogP contribution in [0.15, 0.2) is 55.6 Å². The Labute approximate surface area is 233 Å². The molecule has 2 saturated carbocycles. The number of allylic oxidation sites excluding steroid dienone is 2. The van der Waals surface area contributed by atoms with E-state index in [-0.39, 0.29) is 43.3 Å². The van der Waals surface area contributed by atoms with Crippen molar-refractivity contribution < 1.29 is 24.2 Å². The predicted molar refractivity (Wildman–Crippen MR) is 153 cm³/mol. The molecular weight excluding hydrogens is 492 g/mol. The molecule has 7 heteroatoms. The largest absolute Gasteiger partial charge is 0.463 e. The number of hydrogen-bond donors (Lipinski definition) is 3. The van der Waals surface area contributed by atoms with Crippen molar-refractivity contribution in [2.24, 2.45) is 11.8 Å². The van der Waals surface area contributed by atoms with Gasteiger partial charge in [-0.2, -0.15) is 0 Å². The minimum absolute atomic E-state index is 0.0240. The third-order valence-corrected chi connectivity index (χ3v) is 8.34. The Balaban J connectivity index is 1.62. The third-order valence-electron chi connectivity index (χ3n) is 8.34. The van der Waals surface area contributed by atoms with E-state index in [0.717, 1.165) is 63.4 Å². The fourth-order valence-corrected chi connectivity index (χ4v) is 6.00. The highest BCUT2D eigenvalue weighted by atomic mass is 16.5. The Morgan fingerprint density at radius 1 is 0.923 bits per heavy atom. The molecule has 2 atom stereocenters. The van der Waals surface area contributed by atoms with Crippen LogP contribution in [-0.2, 0) is 25.5 Å². The Morgan fingerprint density at radius 2 is 1.56 bits per heavy atom. The number of aliphatic hydroxyl groups excluding tert-OH is 1. The maximum atomic E-state index is 13.4. The summed E-state index contributed by atoms with van der Waals surface area (Å²) in [6.45, 7) is 7.60. The first-order valence-electron chi connectivity index (χ1n) is 14.5. The van der Waals surface area contributed by atoms with Gasteiger partial charge in [0.05, 0.1) is 29.5 Å². The molecule has 2 amide bonds. The Bertz CT molecular complexity index is 964. The van der Waals surface area contributed by atoms with Crippen LogP contribution in [0.2, 0.25) is 0 Å². The van der Waals surface area contributed by atoms with Crippen LogP contribution in [-0.4, -0.2) is 47.2 Å². The van der Waals surface area contributed by atoms with Crippen LogP contribution >= 0.6 is 0 Å². The summed E-state index contributed by atoms with van der Waals surface area (Å²) in [5.74, 6) is -1.57. The van der Waals surface area contributed by atoms with E-state index in [2.05, 4.69) is 23.8 Å². The van der Waals surface area contributed by atoms with Crippen LogP contribution in [0.4, 0.5) is 0 Å². The minimum atomic E-state index is -0.629. The number of aliphatic hydroxyl groups is 1. The molecule has 3 N–H and O–H groups in total. The number of hydrogen-bond acceptors (Lipinski definition) is 5. The summed E-state index contributed by atoms with van der Waals surface area (Å²) in [4.78, 5) is 39.5. The zero-order valence-electron chi connectivity index (χ0n) is 23.3. The van der Waals surface area contributed by atoms with Gasteiger partial charge in [-0.1, -0.05) is 68.2 Å². The molecular formula is C32H46N2O5. The van der Waals surface area contributed by atoms with Gasteiger partial charge in [-0.05, 0) is 56.9 Å². The van der Waals surface area contributed by atoms with Gasteiger partial charge in [-0.25, -0.2) is 0 Å². The van der Waals surface area contributed by atoms with Gasteiger partial charge >= 0.3 is 5.97 Å². The van der Waals surface area contributed by atoms with Crippen molar-refractivity contribution in [3.63, 3.8) is 0 Å². The van der Waals surface area contributed by atoms with Gasteiger partial charge in [0.1, 0.15) is 6.61 Å². The van der Waals surface area contributed by atoms with Gasteiger partial charge in [0.2, 0.25) is 11.8 Å². The number of nitrogens with one attached hydrogen (secondary N) is 2. The zero-order valence-corrected chi connectivity index (χ0v) is 23.3. The van der Waals surface area contributed by atoms with Gasteiger partial charge in [-0.3, -0.25) is 14.4 Å². The molecule has 0 saturated heterocycles. The Hall–Kier alpha value is -2.93. The second-order valence-corrected chi connectivity index (χ2v) is 11.5. The lowest BCUT2D eigenvalue weighted by Crippen LogP contribution is -2.53. The summed E-state index contributed by atoms with van der Waals surface area (Å²) in [6.07, 6.45) is 12.6. The van der Waals surface area contributed by atoms with E-state index < -0.39 is 17.0 Å². The van der Waals surface area contributed by atoms with Crippen LogP contribution in [0.5, 0.6) is 0 Å². The SMILES string of the molecule is C=CCC[C@H](Cc1ccccc1)C(=O)OCC1(NC(=O)[C@H](CC=C)CC(=O)NC2(CO)CCCC2)CCCC1. The number of rotatable bonds is 16. The molecule has 2 fully saturated rings. The number of amides is 2. The molecule has 7 nitrogen and oxygen atoms in total. The van der Waals surface area contributed by atoms with Crippen LogP contribution in [0, 0.1) is 11.8 Å². The summed E-state index contributed by atoms with van der Waals surface area (Å²) < 4.78 is 5.88. The maximum Gasteiger partial charge on any atom is 0.309 e. The molecule has 214 valence electrons. The molecule has 1 aromatic carbocycles. The molecule has 0 aromatic heterocycles. The summed E-state index contributed by atoms with van der Waals surface area (Å²) in [7, 11) is 0. The predicted octanol–water partition coefficient (Wildman–Crippen LogP) is 4.79. The van der Waals surface area contributed by atoms with Crippen molar-refractivity contribution in [3.8, 4) is 0 Å². The number of benzene rings is 1. The first-order chi connectivity index (χ1) is 18.8. The number of carbonyl (C=O) groups excluding carboxylic acids is 3. The molecule has 0 radical (unpaired) electrons. The highest BCUT2D eigenvalue weighted by molar-refractivity contribution is 5.86. The average molecular weight is 539 g/mol. The third kappa shape index (κ3) is 9.06. The molecule has 0 aliphatic heterocycles. The average Bonchev–Trinajstić information content (AvgIpc) is 3.60. The quantitative estimate of drug-likeness (QED) is 0.207. The van der Waals surface area contributed by atoms with Crippen molar-refractivity contribution in [1.29, 1.82) is 0 Å². The lowest BCUT2D eigenvalue weighted by atomic mass is 9.92. The molecule has 0 unspecified atom stereocenters. The Morgan fingerprint density at radius 3 is 2.15 bits per heavy atom. The number of ether oxygens (including phenoxy) is 1. The van der Waals surface area contributed by atoms with E-state index in [0.29, 0.717) is 19.3 Å². The van der Waals surface area contributed by atoms with E-state index in [1.54, 1.807) is 6.08 Å². The van der Waals surface area contributed by atoms with Gasteiger partial charge < -0.3 is 20.5 Å². The molecule has 2 aliphatic carbocycles. The van der Waals surface area contributed by atoms with Gasteiger partial charge in [0.25, 0.3) is 0 Å². The van der Waals surface area contributed by atoms with Crippen molar-refractivity contribution >= 4 is 17.8 Å². The lowest BCUT2D eigenvalue weighted by molar-refractivity contribution is -0.152. The monoisotopic (exact) mass is 538 g/mol. The Kier molecular flexibility index (Phi) is 11.8. The first-order valence-corrected chi connectivity index (χ1v) is 14.5. The second-order valence-electron chi connectivity index (χ2n) is 11.5. The van der Waals surface area contributed by atoms with Crippen LogP contribution in [0.25, 0.3) is 0 Å². The zero-order chi connectivity index (χ0) is 28.1. The van der Waals surface area contributed by atoms with Crippen molar-refractivity contribution in [2.75, 3.05) is 13.2 Å². The second kappa shape index (κ2) is 15.0. The van der Waals surface area contributed by atoms with E-state index >= 15 is 0 Å². The molecule has 0 bridgehead atoms. The number of carbonyl (C=O) groups is 3. The van der Waals surface area contributed by atoms with Crippen LogP contribution < -0.4 is 10.6 Å². The van der Waals surface area contributed by atoms with Crippen molar-refractivity contribution in [2.45, 2.75) is 94.5 Å². The molecule has 1 aromatic rings. The standard InChI is InChI=1S/C32H46N2O5/c1-3-5-16-27(21-25-14-7-6-8-15-25)30(38)39-24-32(19-11-12-20-32)34-29(37)26(13-4-2)22-28(36)33-31(23-35)17-9-10-18-31/h3-4,6-8,14-15,26-27,35H,1-2,5,9-13,16-24H2,(H,33,36)(H,34,37)/t26-,27-/m1/s1. The topological polar surface area (TPSA) is 105 Å². The fraction of sp³-hybridized carbons (Fsp3) is 0.594. The lowest BCUT2D eigenvalue weighted by Gasteiger charge is -2.33. The molecule has 3 rings (SSSR count). The molecule has 2 aliphatic rings. The first kappa shape index (κ1) is 30.6. The molecule has 0 spiro atoms. The normalized spacial score (nSPS) is 19.0. The summed E-state index contributed by atoms with van der Waals surface area (Å²) >= 11 is 0. The van der Waals surface area contributed by atoms with Crippen molar-refractivity contribution in [3.05, 3.63) is 61.2 Å². The highest BCUT2D eigenvalue weighted by Gasteiger charge is 2.40. The van der Waals surface area contributed by atoms with Gasteiger partial charge in [0.15, 0.2) is 0 Å². The highest BCUT2D eigenvalue weighted by Crippen LogP contribution is 2.32. The number of esters is 1. The van der Waals surface area contributed by atoms with E-state index in [9.17, 15) is 19.5 Å². The summed E-state index contributed by atoms with van der Waals surface area (Å²) in [6, 6.07) is 9.91. The van der Waals surface area contributed by atoms with E-state index in [1.807, 2.05) is 36.4 Å². The van der Waals surface area contributed by atoms with Crippen molar-refractivity contribution in [1.82, 2.24) is 10.6 Å². The van der Waals surface area contributed by atoms with Gasteiger partial charge in [0, 0.05) is 6.42 Å².